The molecule has 1 unspecified atom stereocenters. The first kappa shape index (κ1) is 24.7. The zero-order valence-corrected chi connectivity index (χ0v) is 16.1. The van der Waals surface area contributed by atoms with Gasteiger partial charge in [0.2, 0.25) is 5.91 Å². The summed E-state index contributed by atoms with van der Waals surface area (Å²) < 4.78 is 5.03. The molecule has 0 aromatic heterocycles. The Morgan fingerprint density at radius 3 is 2.52 bits per heavy atom. The summed E-state index contributed by atoms with van der Waals surface area (Å²) in [7, 11) is 0. The van der Waals surface area contributed by atoms with Crippen molar-refractivity contribution in [1.29, 1.82) is 5.26 Å². The van der Waals surface area contributed by atoms with Gasteiger partial charge in [-0.2, -0.15) is 5.26 Å². The molecule has 0 saturated carbocycles. The number of aliphatic hydroxyl groups is 1. The number of carbonyl (C=O) groups excluding carboxylic acids is 2. The summed E-state index contributed by atoms with van der Waals surface area (Å²) in [5.74, 6) is -0.470. The Bertz CT molecular complexity index is 595. The van der Waals surface area contributed by atoms with Crippen molar-refractivity contribution >= 4 is 24.4 Å². The van der Waals surface area contributed by atoms with Crippen molar-refractivity contribution in [3.05, 3.63) is 35.9 Å². The van der Waals surface area contributed by atoms with E-state index >= 15 is 0 Å². The van der Waals surface area contributed by atoms with Crippen LogP contribution in [0.4, 0.5) is 4.79 Å². The largest absolute Gasteiger partial charge is 0.445 e. The van der Waals surface area contributed by atoms with Crippen LogP contribution in [0.25, 0.3) is 0 Å². The summed E-state index contributed by atoms with van der Waals surface area (Å²) in [5, 5.41) is 25.9. The van der Waals surface area contributed by atoms with Crippen LogP contribution in [-0.4, -0.2) is 48.9 Å². The molecule has 27 heavy (non-hydrogen) atoms. The van der Waals surface area contributed by atoms with Gasteiger partial charge in [-0.1, -0.05) is 30.3 Å². The number of benzene rings is 1. The first-order valence-electron chi connectivity index (χ1n) is 8.55. The zero-order chi connectivity index (χ0) is 19.2. The lowest BCUT2D eigenvalue weighted by atomic mass is 10.2. The molecule has 0 fully saturated rings. The average Bonchev–Trinajstić information content (AvgIpc) is 2.67. The van der Waals surface area contributed by atoms with Crippen LogP contribution < -0.4 is 16.0 Å². The molecule has 0 saturated heterocycles. The quantitative estimate of drug-likeness (QED) is 0.414. The molecule has 4 N–H and O–H groups in total. The summed E-state index contributed by atoms with van der Waals surface area (Å²) in [4.78, 5) is 23.7. The van der Waals surface area contributed by atoms with Gasteiger partial charge < -0.3 is 25.8 Å². The number of alkyl carbamates (subject to hydrolysis) is 1. The van der Waals surface area contributed by atoms with Crippen molar-refractivity contribution in [1.82, 2.24) is 16.0 Å². The van der Waals surface area contributed by atoms with Crippen molar-refractivity contribution in [3.63, 3.8) is 0 Å². The van der Waals surface area contributed by atoms with Crippen LogP contribution >= 0.6 is 12.4 Å². The highest BCUT2D eigenvalue weighted by molar-refractivity contribution is 5.86. The molecule has 0 aliphatic carbocycles. The van der Waals surface area contributed by atoms with Gasteiger partial charge in [0.1, 0.15) is 12.6 Å². The highest BCUT2D eigenvalue weighted by Gasteiger charge is 2.20. The average molecular weight is 399 g/mol. The molecule has 0 radical (unpaired) electrons. The van der Waals surface area contributed by atoms with Crippen molar-refractivity contribution in [2.24, 2.45) is 0 Å². The monoisotopic (exact) mass is 398 g/mol. The minimum absolute atomic E-state index is 0. The van der Waals surface area contributed by atoms with Crippen LogP contribution in [0, 0.1) is 11.3 Å². The highest BCUT2D eigenvalue weighted by Crippen LogP contribution is 2.00. The lowest BCUT2D eigenvalue weighted by Crippen LogP contribution is -2.49. The first-order valence-corrected chi connectivity index (χ1v) is 8.55. The second-order valence-electron chi connectivity index (χ2n) is 5.74. The molecule has 1 aromatic carbocycles. The fourth-order valence-electron chi connectivity index (χ4n) is 2.05. The van der Waals surface area contributed by atoms with Crippen LogP contribution in [0.15, 0.2) is 30.3 Å². The smallest absolute Gasteiger partial charge is 0.408 e. The van der Waals surface area contributed by atoms with E-state index in [0.717, 1.165) is 12.0 Å². The summed E-state index contributed by atoms with van der Waals surface area (Å²) >= 11 is 0. The fraction of sp³-hybridized carbons (Fsp3) is 0.500. The van der Waals surface area contributed by atoms with E-state index in [4.69, 9.17) is 10.00 Å². The number of amides is 2. The number of nitrogens with one attached hydrogen (secondary N) is 3. The Morgan fingerprint density at radius 1 is 1.22 bits per heavy atom. The maximum absolute atomic E-state index is 12.0. The fourth-order valence-corrected chi connectivity index (χ4v) is 2.05. The molecule has 8 nitrogen and oxygen atoms in total. The Balaban J connectivity index is 0.00000676. The van der Waals surface area contributed by atoms with Gasteiger partial charge in [0, 0.05) is 6.54 Å². The van der Waals surface area contributed by atoms with Gasteiger partial charge >= 0.3 is 6.09 Å². The second-order valence-corrected chi connectivity index (χ2v) is 5.74. The van der Waals surface area contributed by atoms with E-state index < -0.39 is 24.6 Å². The SMILES string of the molecule is CC(C#N)NCCCCNC(=O)[C@H](CO)NC(=O)OCc1ccccc1.Cl. The number of rotatable bonds is 11. The van der Waals surface area contributed by atoms with Crippen molar-refractivity contribution < 1.29 is 19.4 Å². The van der Waals surface area contributed by atoms with Crippen LogP contribution in [-0.2, 0) is 16.1 Å². The second kappa shape index (κ2) is 14.8. The Labute approximate surface area is 165 Å². The first-order chi connectivity index (χ1) is 12.6. The van der Waals surface area contributed by atoms with E-state index in [0.29, 0.717) is 19.5 Å². The maximum Gasteiger partial charge on any atom is 0.408 e. The zero-order valence-electron chi connectivity index (χ0n) is 15.3. The predicted molar refractivity (Wildman–Crippen MR) is 103 cm³/mol. The number of hydrogen-bond acceptors (Lipinski definition) is 6. The number of nitriles is 1. The van der Waals surface area contributed by atoms with Crippen LogP contribution in [0.1, 0.15) is 25.3 Å². The standard InChI is InChI=1S/C18H26N4O4.ClH/c1-14(11-19)20-9-5-6-10-21-17(24)16(12-23)22-18(25)26-13-15-7-3-2-4-8-15;/h2-4,7-8,14,16,20,23H,5-6,9-10,12-13H2,1H3,(H,21,24)(H,22,25);1H/t14?,16-;/m0./s1. The lowest BCUT2D eigenvalue weighted by Gasteiger charge is -2.16. The van der Waals surface area contributed by atoms with Gasteiger partial charge in [-0.3, -0.25) is 4.79 Å². The normalized spacial score (nSPS) is 12.0. The van der Waals surface area contributed by atoms with Gasteiger partial charge in [0.15, 0.2) is 0 Å². The van der Waals surface area contributed by atoms with Crippen molar-refractivity contribution in [2.45, 2.75) is 38.5 Å². The van der Waals surface area contributed by atoms with Gasteiger partial charge in [-0.15, -0.1) is 12.4 Å². The van der Waals surface area contributed by atoms with Crippen molar-refractivity contribution in [3.8, 4) is 6.07 Å². The summed E-state index contributed by atoms with van der Waals surface area (Å²) in [6, 6.07) is 9.96. The molecule has 0 spiro atoms. The third-order valence-corrected chi connectivity index (χ3v) is 3.55. The molecule has 1 rings (SSSR count). The van der Waals surface area contributed by atoms with Crippen LogP contribution in [0.3, 0.4) is 0 Å². The maximum atomic E-state index is 12.0. The Morgan fingerprint density at radius 2 is 1.89 bits per heavy atom. The number of ether oxygens (including phenoxy) is 1. The Kier molecular flexibility index (Phi) is 13.5. The third-order valence-electron chi connectivity index (χ3n) is 3.55. The molecule has 1 aromatic rings. The molecule has 2 atom stereocenters. The highest BCUT2D eigenvalue weighted by atomic mass is 35.5. The van der Waals surface area contributed by atoms with E-state index in [1.807, 2.05) is 30.3 Å². The van der Waals surface area contributed by atoms with Gasteiger partial charge in [-0.25, -0.2) is 4.79 Å². The molecule has 9 heteroatoms. The van der Waals surface area contributed by atoms with Crippen molar-refractivity contribution in [2.75, 3.05) is 19.7 Å². The van der Waals surface area contributed by atoms with Gasteiger partial charge in [0.05, 0.1) is 18.7 Å². The van der Waals surface area contributed by atoms with E-state index in [-0.39, 0.29) is 25.1 Å². The summed E-state index contributed by atoms with van der Waals surface area (Å²) in [5.41, 5.74) is 0.826. The number of halogens is 1. The van der Waals surface area contributed by atoms with E-state index in [9.17, 15) is 14.7 Å². The number of aliphatic hydroxyl groups excluding tert-OH is 1. The van der Waals surface area contributed by atoms with Crippen LogP contribution in [0.2, 0.25) is 0 Å². The van der Waals surface area contributed by atoms with Gasteiger partial charge in [0.25, 0.3) is 0 Å². The number of carbonyl (C=O) groups is 2. The summed E-state index contributed by atoms with van der Waals surface area (Å²) in [6.07, 6.45) is 0.744. The summed E-state index contributed by atoms with van der Waals surface area (Å²) in [6.45, 7) is 2.43. The minimum atomic E-state index is -1.06. The predicted octanol–water partition coefficient (Wildman–Crippen LogP) is 1.09. The van der Waals surface area contributed by atoms with E-state index in [1.54, 1.807) is 6.92 Å². The topological polar surface area (TPSA) is 123 Å². The molecular weight excluding hydrogens is 372 g/mol. The Hall–Kier alpha value is -2.34. The third kappa shape index (κ3) is 11.1. The lowest BCUT2D eigenvalue weighted by molar-refractivity contribution is -0.123. The van der Waals surface area contributed by atoms with Gasteiger partial charge in [-0.05, 0) is 31.9 Å². The van der Waals surface area contributed by atoms with E-state index in [2.05, 4.69) is 22.0 Å². The minimum Gasteiger partial charge on any atom is -0.445 e. The molecule has 0 aliphatic rings. The van der Waals surface area contributed by atoms with E-state index in [1.165, 1.54) is 0 Å². The number of unbranched alkanes of at least 4 members (excludes halogenated alkanes) is 1. The molecule has 2 amide bonds. The molecule has 0 bridgehead atoms. The molecule has 150 valence electrons. The molecular formula is C18H27ClN4O4. The molecule has 0 aliphatic heterocycles. The molecule has 0 heterocycles. The van der Waals surface area contributed by atoms with Crippen LogP contribution in [0.5, 0.6) is 0 Å². The number of nitrogens with zero attached hydrogens (tertiary/aromatic N) is 1. The number of hydrogen-bond donors (Lipinski definition) is 4.